The number of amides is 3. The zero-order valence-electron chi connectivity index (χ0n) is 17.6. The van der Waals surface area contributed by atoms with E-state index in [-0.39, 0.29) is 28.6 Å². The largest absolute Gasteiger partial charge is 0.480 e. The van der Waals surface area contributed by atoms with E-state index in [1.807, 2.05) is 0 Å². The first-order chi connectivity index (χ1) is 15.6. The highest BCUT2D eigenvalue weighted by Crippen LogP contribution is 2.25. The number of urea groups is 1. The zero-order chi connectivity index (χ0) is 24.1. The van der Waals surface area contributed by atoms with Crippen LogP contribution in [-0.4, -0.2) is 34.2 Å². The molecule has 0 saturated heterocycles. The Balaban J connectivity index is 1.68. The van der Waals surface area contributed by atoms with Crippen molar-refractivity contribution in [3.8, 4) is 11.3 Å². The van der Waals surface area contributed by atoms with E-state index in [2.05, 4.69) is 21.1 Å². The molecule has 0 aliphatic rings. The van der Waals surface area contributed by atoms with Gasteiger partial charge in [-0.05, 0) is 48.4 Å². The molecule has 0 radical (unpaired) electrons. The molecule has 1 aromatic heterocycles. The van der Waals surface area contributed by atoms with Crippen molar-refractivity contribution in [1.82, 2.24) is 10.5 Å². The maximum atomic E-state index is 14.6. The molecule has 11 heteroatoms. The molecule has 0 bridgehead atoms. The number of rotatable bonds is 7. The van der Waals surface area contributed by atoms with Crippen molar-refractivity contribution in [2.75, 3.05) is 10.6 Å². The number of carbonyl (C=O) groups excluding carboxylic acids is 2. The number of halogens is 2. The van der Waals surface area contributed by atoms with Crippen LogP contribution in [0.15, 0.2) is 53.1 Å². The zero-order valence-corrected chi connectivity index (χ0v) is 17.6. The van der Waals surface area contributed by atoms with E-state index < -0.39 is 35.6 Å². The van der Waals surface area contributed by atoms with Gasteiger partial charge >= 0.3 is 12.0 Å². The fourth-order valence-electron chi connectivity index (χ4n) is 2.86. The minimum Gasteiger partial charge on any atom is -0.480 e. The third-order valence-corrected chi connectivity index (χ3v) is 4.56. The molecular weight excluding hydrogens is 438 g/mol. The molecule has 4 N–H and O–H groups in total. The summed E-state index contributed by atoms with van der Waals surface area (Å²) in [7, 11) is 0. The Kier molecular flexibility index (Phi) is 7.01. The van der Waals surface area contributed by atoms with Gasteiger partial charge in [0, 0.05) is 23.0 Å². The third-order valence-electron chi connectivity index (χ3n) is 4.56. The van der Waals surface area contributed by atoms with Gasteiger partial charge in [-0.1, -0.05) is 19.0 Å². The Morgan fingerprint density at radius 1 is 0.970 bits per heavy atom. The van der Waals surface area contributed by atoms with Gasteiger partial charge in [-0.2, -0.15) is 0 Å². The summed E-state index contributed by atoms with van der Waals surface area (Å²) >= 11 is 0. The van der Waals surface area contributed by atoms with Gasteiger partial charge in [0.2, 0.25) is 5.76 Å². The molecule has 0 saturated carbocycles. The predicted molar refractivity (Wildman–Crippen MR) is 115 cm³/mol. The van der Waals surface area contributed by atoms with Crippen LogP contribution in [0.25, 0.3) is 11.3 Å². The van der Waals surface area contributed by atoms with E-state index in [0.29, 0.717) is 5.69 Å². The first-order valence-electron chi connectivity index (χ1n) is 9.78. The molecule has 3 rings (SSSR count). The van der Waals surface area contributed by atoms with Gasteiger partial charge in [0.05, 0.1) is 0 Å². The smallest absolute Gasteiger partial charge is 0.326 e. The van der Waals surface area contributed by atoms with Crippen molar-refractivity contribution in [3.05, 3.63) is 65.9 Å². The highest BCUT2D eigenvalue weighted by molar-refractivity contribution is 6.00. The van der Waals surface area contributed by atoms with Crippen LogP contribution in [0.5, 0.6) is 0 Å². The van der Waals surface area contributed by atoms with E-state index in [1.54, 1.807) is 13.8 Å². The summed E-state index contributed by atoms with van der Waals surface area (Å²) in [4.78, 5) is 35.5. The van der Waals surface area contributed by atoms with Gasteiger partial charge in [0.25, 0.3) is 5.91 Å². The van der Waals surface area contributed by atoms with Crippen molar-refractivity contribution in [2.45, 2.75) is 19.9 Å². The van der Waals surface area contributed by atoms with Crippen LogP contribution < -0.4 is 16.0 Å². The maximum Gasteiger partial charge on any atom is 0.326 e. The van der Waals surface area contributed by atoms with Crippen LogP contribution in [0.3, 0.4) is 0 Å². The van der Waals surface area contributed by atoms with E-state index in [4.69, 9.17) is 4.52 Å². The van der Waals surface area contributed by atoms with Gasteiger partial charge in [0.1, 0.15) is 23.4 Å². The lowest BCUT2D eigenvalue weighted by Crippen LogP contribution is -2.44. The highest BCUT2D eigenvalue weighted by atomic mass is 19.1. The second-order valence-electron chi connectivity index (χ2n) is 7.39. The second kappa shape index (κ2) is 9.90. The Morgan fingerprint density at radius 3 is 2.21 bits per heavy atom. The Bertz CT molecular complexity index is 1180. The standard InChI is InChI=1S/C22H20F2N4O5/c1-11(2)19(21(30)31)27-20(29)18-10-17(28-33-18)15-8-7-14(9-16(15)24)26-22(32)25-13-5-3-12(23)4-6-13/h3-11,19H,1-2H3,(H,27,29)(H,30,31)(H2,25,26,32)/t19-/m0/s1. The van der Waals surface area contributed by atoms with E-state index in [9.17, 15) is 28.3 Å². The minimum atomic E-state index is -1.20. The number of nitrogens with zero attached hydrogens (tertiary/aromatic N) is 1. The molecule has 33 heavy (non-hydrogen) atoms. The summed E-state index contributed by atoms with van der Waals surface area (Å²) in [5, 5.41) is 20.1. The summed E-state index contributed by atoms with van der Waals surface area (Å²) in [6.45, 7) is 3.27. The lowest BCUT2D eigenvalue weighted by atomic mass is 10.0. The Labute approximate surface area is 186 Å². The minimum absolute atomic E-state index is 0.000868. The number of aliphatic carboxylic acids is 1. The van der Waals surface area contributed by atoms with Gasteiger partial charge in [-0.3, -0.25) is 4.79 Å². The fourth-order valence-corrected chi connectivity index (χ4v) is 2.86. The summed E-state index contributed by atoms with van der Waals surface area (Å²) < 4.78 is 32.5. The lowest BCUT2D eigenvalue weighted by Gasteiger charge is -2.16. The molecule has 0 fully saturated rings. The maximum absolute atomic E-state index is 14.6. The topological polar surface area (TPSA) is 134 Å². The van der Waals surface area contributed by atoms with Crippen LogP contribution in [-0.2, 0) is 4.79 Å². The molecule has 3 amide bonds. The Morgan fingerprint density at radius 2 is 1.61 bits per heavy atom. The van der Waals surface area contributed by atoms with Gasteiger partial charge in [-0.25, -0.2) is 18.4 Å². The second-order valence-corrected chi connectivity index (χ2v) is 7.39. The van der Waals surface area contributed by atoms with E-state index in [0.717, 1.165) is 6.07 Å². The number of aromatic nitrogens is 1. The number of benzene rings is 2. The monoisotopic (exact) mass is 458 g/mol. The summed E-state index contributed by atoms with van der Waals surface area (Å²) in [6, 6.07) is 8.29. The third kappa shape index (κ3) is 5.91. The first-order valence-corrected chi connectivity index (χ1v) is 9.78. The number of nitrogens with one attached hydrogen (secondary N) is 3. The molecule has 0 aliphatic carbocycles. The molecule has 1 atom stereocenters. The summed E-state index contributed by atoms with van der Waals surface area (Å²) in [6.07, 6.45) is 0. The fraction of sp³-hybridized carbons (Fsp3) is 0.182. The van der Waals surface area contributed by atoms with Crippen molar-refractivity contribution >= 4 is 29.3 Å². The van der Waals surface area contributed by atoms with Crippen molar-refractivity contribution in [3.63, 3.8) is 0 Å². The molecule has 0 aliphatic heterocycles. The number of carbonyl (C=O) groups is 3. The van der Waals surface area contributed by atoms with E-state index in [1.165, 1.54) is 42.5 Å². The molecule has 1 heterocycles. The summed E-state index contributed by atoms with van der Waals surface area (Å²) in [5.41, 5.74) is 0.498. The Hall–Kier alpha value is -4.28. The summed E-state index contributed by atoms with van der Waals surface area (Å²) in [5.74, 6) is -3.85. The average molecular weight is 458 g/mol. The normalized spacial score (nSPS) is 11.7. The number of hydrogen-bond acceptors (Lipinski definition) is 5. The predicted octanol–water partition coefficient (Wildman–Crippen LogP) is 4.10. The van der Waals surface area contributed by atoms with Crippen LogP contribution >= 0.6 is 0 Å². The molecule has 3 aromatic rings. The van der Waals surface area contributed by atoms with Crippen molar-refractivity contribution < 1.29 is 32.8 Å². The number of carboxylic acid groups (broad SMARTS) is 1. The lowest BCUT2D eigenvalue weighted by molar-refractivity contribution is -0.140. The highest BCUT2D eigenvalue weighted by Gasteiger charge is 2.26. The van der Waals surface area contributed by atoms with Crippen LogP contribution in [0.2, 0.25) is 0 Å². The first kappa shape index (κ1) is 23.4. The molecule has 9 nitrogen and oxygen atoms in total. The van der Waals surface area contributed by atoms with Crippen molar-refractivity contribution in [1.29, 1.82) is 0 Å². The van der Waals surface area contributed by atoms with Gasteiger partial charge < -0.3 is 25.6 Å². The number of carboxylic acids is 1. The number of anilines is 2. The van der Waals surface area contributed by atoms with Crippen molar-refractivity contribution in [2.24, 2.45) is 5.92 Å². The van der Waals surface area contributed by atoms with Gasteiger partial charge in [-0.15, -0.1) is 0 Å². The quantitative estimate of drug-likeness (QED) is 0.421. The van der Waals surface area contributed by atoms with Gasteiger partial charge in [0.15, 0.2) is 0 Å². The SMILES string of the molecule is CC(C)[C@H](NC(=O)c1cc(-c2ccc(NC(=O)Nc3ccc(F)cc3)cc2F)no1)C(=O)O. The van der Waals surface area contributed by atoms with Crippen LogP contribution in [0.4, 0.5) is 25.0 Å². The van der Waals surface area contributed by atoms with E-state index >= 15 is 0 Å². The molecule has 172 valence electrons. The molecule has 0 spiro atoms. The van der Waals surface area contributed by atoms with Crippen LogP contribution in [0.1, 0.15) is 24.4 Å². The van der Waals surface area contributed by atoms with Crippen LogP contribution in [0, 0.1) is 17.6 Å². The molecular formula is C22H20F2N4O5. The number of hydrogen-bond donors (Lipinski definition) is 4. The molecule has 0 unspecified atom stereocenters. The average Bonchev–Trinajstić information content (AvgIpc) is 3.23. The molecule has 2 aromatic carbocycles.